The minimum Gasteiger partial charge on any atom is -0.326 e. The smallest absolute Gasteiger partial charge is 0.232 e. The predicted octanol–water partition coefficient (Wildman–Crippen LogP) is 3.51. The maximum absolute atomic E-state index is 13.3. The van der Waals surface area contributed by atoms with E-state index < -0.39 is 11.7 Å². The van der Waals surface area contributed by atoms with Crippen LogP contribution in [0.2, 0.25) is 0 Å². The van der Waals surface area contributed by atoms with Crippen molar-refractivity contribution in [3.05, 3.63) is 58.9 Å². The number of benzene rings is 2. The molecular weight excluding hydrogens is 295 g/mol. The van der Waals surface area contributed by atoms with Crippen molar-refractivity contribution in [1.82, 2.24) is 0 Å². The summed E-state index contributed by atoms with van der Waals surface area (Å²) in [6.45, 7) is 3.97. The lowest BCUT2D eigenvalue weighted by molar-refractivity contribution is -0.123. The van der Waals surface area contributed by atoms with Crippen LogP contribution in [0.1, 0.15) is 29.0 Å². The summed E-state index contributed by atoms with van der Waals surface area (Å²) < 4.78 is 13.3. The molecule has 23 heavy (non-hydrogen) atoms. The molecule has 2 amide bonds. The van der Waals surface area contributed by atoms with Gasteiger partial charge in [-0.25, -0.2) is 4.39 Å². The van der Waals surface area contributed by atoms with E-state index in [0.29, 0.717) is 16.9 Å². The molecule has 2 aromatic rings. The zero-order valence-electron chi connectivity index (χ0n) is 12.9. The van der Waals surface area contributed by atoms with E-state index in [9.17, 15) is 14.0 Å². The fraction of sp³-hybridized carbons (Fsp3) is 0.222. The molecule has 0 saturated heterocycles. The Morgan fingerprint density at radius 1 is 1.17 bits per heavy atom. The standard InChI is InChI=1S/C18H17FN2O2/c1-10-3-5-13(7-11(10)2)20-18(23)15-9-17(22)21-16-8-12(19)4-6-14(15)16/h3-8,15H,9H2,1-2H3,(H,20,23)(H,21,22). The average Bonchev–Trinajstić information content (AvgIpc) is 2.49. The number of nitrogens with one attached hydrogen (secondary N) is 2. The van der Waals surface area contributed by atoms with Gasteiger partial charge >= 0.3 is 0 Å². The Morgan fingerprint density at radius 3 is 2.70 bits per heavy atom. The van der Waals surface area contributed by atoms with Gasteiger partial charge in [-0.15, -0.1) is 0 Å². The van der Waals surface area contributed by atoms with Crippen LogP contribution >= 0.6 is 0 Å². The summed E-state index contributed by atoms with van der Waals surface area (Å²) in [4.78, 5) is 24.4. The molecule has 5 heteroatoms. The van der Waals surface area contributed by atoms with Gasteiger partial charge in [0.15, 0.2) is 0 Å². The highest BCUT2D eigenvalue weighted by molar-refractivity contribution is 6.05. The number of aryl methyl sites for hydroxylation is 2. The molecule has 0 bridgehead atoms. The number of anilines is 2. The first-order valence-corrected chi connectivity index (χ1v) is 7.41. The van der Waals surface area contributed by atoms with Gasteiger partial charge in [0.05, 0.1) is 5.92 Å². The van der Waals surface area contributed by atoms with Crippen molar-refractivity contribution in [2.24, 2.45) is 0 Å². The third-order valence-electron chi connectivity index (χ3n) is 4.15. The van der Waals surface area contributed by atoms with Crippen LogP contribution in [0.25, 0.3) is 0 Å². The van der Waals surface area contributed by atoms with E-state index in [2.05, 4.69) is 10.6 Å². The SMILES string of the molecule is Cc1ccc(NC(=O)C2CC(=O)Nc3cc(F)ccc32)cc1C. The first kappa shape index (κ1) is 15.2. The first-order chi connectivity index (χ1) is 10.9. The molecule has 2 aromatic carbocycles. The normalized spacial score (nSPS) is 16.5. The summed E-state index contributed by atoms with van der Waals surface area (Å²) in [5.74, 6) is -1.63. The number of halogens is 1. The lowest BCUT2D eigenvalue weighted by Crippen LogP contribution is -2.30. The minimum absolute atomic E-state index is 0.0509. The molecule has 0 radical (unpaired) electrons. The molecule has 1 aliphatic heterocycles. The number of hydrogen-bond donors (Lipinski definition) is 2. The Balaban J connectivity index is 1.87. The van der Waals surface area contributed by atoms with Gasteiger partial charge in [0.25, 0.3) is 0 Å². The quantitative estimate of drug-likeness (QED) is 0.891. The van der Waals surface area contributed by atoms with E-state index in [-0.39, 0.29) is 18.2 Å². The molecule has 0 saturated carbocycles. The molecule has 0 spiro atoms. The average molecular weight is 312 g/mol. The Bertz CT molecular complexity index is 802. The predicted molar refractivity (Wildman–Crippen MR) is 86.9 cm³/mol. The second kappa shape index (κ2) is 5.83. The molecule has 1 heterocycles. The lowest BCUT2D eigenvalue weighted by atomic mass is 9.89. The third kappa shape index (κ3) is 3.08. The van der Waals surface area contributed by atoms with Crippen molar-refractivity contribution >= 4 is 23.2 Å². The van der Waals surface area contributed by atoms with Crippen LogP contribution in [0.4, 0.5) is 15.8 Å². The molecule has 0 aliphatic carbocycles. The lowest BCUT2D eigenvalue weighted by Gasteiger charge is -2.25. The van der Waals surface area contributed by atoms with E-state index in [1.165, 1.54) is 12.1 Å². The van der Waals surface area contributed by atoms with Crippen molar-refractivity contribution in [2.45, 2.75) is 26.2 Å². The number of carbonyl (C=O) groups is 2. The molecule has 3 rings (SSSR count). The Morgan fingerprint density at radius 2 is 1.96 bits per heavy atom. The second-order valence-electron chi connectivity index (χ2n) is 5.82. The summed E-state index contributed by atoms with van der Waals surface area (Å²) in [6.07, 6.45) is 0.0509. The molecular formula is C18H17FN2O2. The van der Waals surface area contributed by atoms with Crippen molar-refractivity contribution in [2.75, 3.05) is 10.6 Å². The zero-order chi connectivity index (χ0) is 16.6. The van der Waals surface area contributed by atoms with Gasteiger partial charge in [-0.1, -0.05) is 12.1 Å². The maximum atomic E-state index is 13.3. The Hall–Kier alpha value is -2.69. The number of rotatable bonds is 2. The molecule has 0 fully saturated rings. The summed E-state index contributed by atoms with van der Waals surface area (Å²) in [6, 6.07) is 9.74. The molecule has 118 valence electrons. The number of fused-ring (bicyclic) bond motifs is 1. The summed E-state index contributed by atoms with van der Waals surface area (Å²) in [7, 11) is 0. The van der Waals surface area contributed by atoms with Crippen molar-refractivity contribution < 1.29 is 14.0 Å². The van der Waals surface area contributed by atoms with E-state index in [1.807, 2.05) is 32.0 Å². The summed E-state index contributed by atoms with van der Waals surface area (Å²) >= 11 is 0. The molecule has 1 atom stereocenters. The van der Waals surface area contributed by atoms with Gasteiger partial charge in [0.2, 0.25) is 11.8 Å². The molecule has 4 nitrogen and oxygen atoms in total. The van der Waals surface area contributed by atoms with Gasteiger partial charge < -0.3 is 10.6 Å². The van der Waals surface area contributed by atoms with Gasteiger partial charge in [-0.05, 0) is 54.8 Å². The summed E-state index contributed by atoms with van der Waals surface area (Å²) in [5.41, 5.74) is 3.90. The van der Waals surface area contributed by atoms with Crippen LogP contribution in [-0.4, -0.2) is 11.8 Å². The Labute approximate surface area is 133 Å². The number of hydrogen-bond acceptors (Lipinski definition) is 2. The largest absolute Gasteiger partial charge is 0.326 e. The van der Waals surface area contributed by atoms with Crippen LogP contribution in [0.15, 0.2) is 36.4 Å². The van der Waals surface area contributed by atoms with Crippen LogP contribution in [0.3, 0.4) is 0 Å². The number of carbonyl (C=O) groups excluding carboxylic acids is 2. The highest BCUT2D eigenvalue weighted by Crippen LogP contribution is 2.33. The van der Waals surface area contributed by atoms with Crippen LogP contribution in [0, 0.1) is 19.7 Å². The van der Waals surface area contributed by atoms with E-state index in [0.717, 1.165) is 11.1 Å². The molecule has 1 unspecified atom stereocenters. The molecule has 0 aromatic heterocycles. The van der Waals surface area contributed by atoms with Crippen molar-refractivity contribution in [3.8, 4) is 0 Å². The van der Waals surface area contributed by atoms with Gasteiger partial charge in [-0.2, -0.15) is 0 Å². The van der Waals surface area contributed by atoms with Crippen molar-refractivity contribution in [3.63, 3.8) is 0 Å². The molecule has 2 N–H and O–H groups in total. The second-order valence-corrected chi connectivity index (χ2v) is 5.82. The summed E-state index contributed by atoms with van der Waals surface area (Å²) in [5, 5.41) is 5.45. The van der Waals surface area contributed by atoms with Crippen LogP contribution in [0.5, 0.6) is 0 Å². The van der Waals surface area contributed by atoms with Gasteiger partial charge in [-0.3, -0.25) is 9.59 Å². The fourth-order valence-electron chi connectivity index (χ4n) is 2.72. The topological polar surface area (TPSA) is 58.2 Å². The van der Waals surface area contributed by atoms with Crippen LogP contribution < -0.4 is 10.6 Å². The maximum Gasteiger partial charge on any atom is 0.232 e. The Kier molecular flexibility index (Phi) is 3.86. The van der Waals surface area contributed by atoms with E-state index in [4.69, 9.17) is 0 Å². The van der Waals surface area contributed by atoms with Gasteiger partial charge in [0, 0.05) is 17.8 Å². The highest BCUT2D eigenvalue weighted by atomic mass is 19.1. The molecule has 1 aliphatic rings. The minimum atomic E-state index is -0.624. The monoisotopic (exact) mass is 312 g/mol. The third-order valence-corrected chi connectivity index (χ3v) is 4.15. The van der Waals surface area contributed by atoms with Crippen LogP contribution in [-0.2, 0) is 9.59 Å². The first-order valence-electron chi connectivity index (χ1n) is 7.41. The van der Waals surface area contributed by atoms with E-state index in [1.54, 1.807) is 6.07 Å². The van der Waals surface area contributed by atoms with E-state index >= 15 is 0 Å². The highest BCUT2D eigenvalue weighted by Gasteiger charge is 2.31. The van der Waals surface area contributed by atoms with Crippen molar-refractivity contribution in [1.29, 1.82) is 0 Å². The number of amides is 2. The van der Waals surface area contributed by atoms with Gasteiger partial charge in [0.1, 0.15) is 5.82 Å². The zero-order valence-corrected chi connectivity index (χ0v) is 12.9. The fourth-order valence-corrected chi connectivity index (χ4v) is 2.72.